The van der Waals surface area contributed by atoms with E-state index in [0.717, 1.165) is 61.0 Å². The maximum atomic E-state index is 6.68. The van der Waals surface area contributed by atoms with Crippen LogP contribution in [0.15, 0.2) is 29.4 Å². The largest absolute Gasteiger partial charge is 0.490 e. The molecule has 1 saturated heterocycles. The lowest BCUT2D eigenvalue weighted by Gasteiger charge is -2.34. The van der Waals surface area contributed by atoms with Crippen LogP contribution < -0.4 is 26.4 Å². The Labute approximate surface area is 169 Å². The van der Waals surface area contributed by atoms with Crippen LogP contribution in [-0.4, -0.2) is 54.8 Å². The average Bonchev–Trinajstić information content (AvgIpc) is 3.13. The van der Waals surface area contributed by atoms with Crippen LogP contribution in [-0.2, 0) is 11.2 Å². The molecule has 2 aromatic rings. The van der Waals surface area contributed by atoms with Gasteiger partial charge in [-0.25, -0.2) is 9.67 Å². The van der Waals surface area contributed by atoms with Crippen molar-refractivity contribution in [1.82, 2.24) is 9.78 Å². The third-order valence-corrected chi connectivity index (χ3v) is 5.86. The van der Waals surface area contributed by atoms with E-state index in [1.165, 1.54) is 0 Å². The SMILES string of the molecule is CN1CCOc2ccc(CC3(N)N=C(N)c4cnn(C5CCOCC5)c4N3)cc21. The number of aromatic nitrogens is 2. The molecule has 1 aromatic carbocycles. The van der Waals surface area contributed by atoms with Gasteiger partial charge < -0.3 is 25.4 Å². The highest BCUT2D eigenvalue weighted by Gasteiger charge is 2.35. The van der Waals surface area contributed by atoms with Crippen molar-refractivity contribution < 1.29 is 9.47 Å². The van der Waals surface area contributed by atoms with Crippen LogP contribution in [0, 0.1) is 0 Å². The number of amidine groups is 1. The van der Waals surface area contributed by atoms with Gasteiger partial charge in [0.05, 0.1) is 30.0 Å². The Morgan fingerprint density at radius 1 is 1.28 bits per heavy atom. The molecule has 1 aromatic heterocycles. The van der Waals surface area contributed by atoms with E-state index in [1.807, 2.05) is 16.8 Å². The number of rotatable bonds is 3. The number of ether oxygens (including phenoxy) is 2. The molecule has 0 aliphatic carbocycles. The van der Waals surface area contributed by atoms with E-state index in [4.69, 9.17) is 20.9 Å². The number of nitrogens with two attached hydrogens (primary N) is 2. The number of anilines is 2. The number of likely N-dealkylation sites (N-methyl/N-ethyl adjacent to an activating group) is 1. The topological polar surface area (TPSA) is 116 Å². The first-order valence-electron chi connectivity index (χ1n) is 10.1. The zero-order valence-corrected chi connectivity index (χ0v) is 16.6. The van der Waals surface area contributed by atoms with Gasteiger partial charge in [0.2, 0.25) is 0 Å². The predicted octanol–water partition coefficient (Wildman–Crippen LogP) is 1.05. The third kappa shape index (κ3) is 3.30. The van der Waals surface area contributed by atoms with Gasteiger partial charge in [-0.05, 0) is 30.5 Å². The van der Waals surface area contributed by atoms with E-state index in [9.17, 15) is 0 Å². The molecule has 5 rings (SSSR count). The van der Waals surface area contributed by atoms with E-state index < -0.39 is 5.79 Å². The Bertz CT molecular complexity index is 950. The van der Waals surface area contributed by atoms with Crippen molar-refractivity contribution in [1.29, 1.82) is 0 Å². The summed E-state index contributed by atoms with van der Waals surface area (Å²) in [6, 6.07) is 6.41. The monoisotopic (exact) mass is 397 g/mol. The average molecular weight is 397 g/mol. The van der Waals surface area contributed by atoms with Gasteiger partial charge in [-0.1, -0.05) is 6.07 Å². The lowest BCUT2D eigenvalue weighted by molar-refractivity contribution is 0.0667. The summed E-state index contributed by atoms with van der Waals surface area (Å²) in [6.07, 6.45) is 4.10. The zero-order chi connectivity index (χ0) is 20.0. The normalized spacial score (nSPS) is 24.2. The lowest BCUT2D eigenvalue weighted by atomic mass is 10.0. The molecule has 3 aliphatic heterocycles. The van der Waals surface area contributed by atoms with Crippen molar-refractivity contribution in [3.05, 3.63) is 35.5 Å². The molecule has 1 atom stereocenters. The molecule has 154 valence electrons. The molecule has 0 radical (unpaired) electrons. The molecule has 29 heavy (non-hydrogen) atoms. The first-order valence-corrected chi connectivity index (χ1v) is 10.1. The first kappa shape index (κ1) is 18.3. The second-order valence-corrected chi connectivity index (χ2v) is 7.99. The van der Waals surface area contributed by atoms with Gasteiger partial charge in [0, 0.05) is 26.7 Å². The summed E-state index contributed by atoms with van der Waals surface area (Å²) in [4.78, 5) is 6.77. The van der Waals surface area contributed by atoms with Crippen LogP contribution in [0.3, 0.4) is 0 Å². The van der Waals surface area contributed by atoms with Crippen LogP contribution in [0.4, 0.5) is 11.5 Å². The van der Waals surface area contributed by atoms with Gasteiger partial charge >= 0.3 is 0 Å². The molecular weight excluding hydrogens is 370 g/mol. The van der Waals surface area contributed by atoms with Crippen molar-refractivity contribution in [2.24, 2.45) is 16.5 Å². The molecule has 3 aliphatic rings. The molecule has 1 fully saturated rings. The van der Waals surface area contributed by atoms with E-state index in [1.54, 1.807) is 6.20 Å². The highest BCUT2D eigenvalue weighted by atomic mass is 16.5. The highest BCUT2D eigenvalue weighted by Crippen LogP contribution is 2.34. The quantitative estimate of drug-likeness (QED) is 0.709. The molecule has 0 spiro atoms. The Hall–Kier alpha value is -2.78. The fourth-order valence-electron chi connectivity index (χ4n) is 4.29. The fraction of sp³-hybridized carbons (Fsp3) is 0.500. The summed E-state index contributed by atoms with van der Waals surface area (Å²) in [5.74, 6) is 1.11. The molecular formula is C20H27N7O2. The van der Waals surface area contributed by atoms with Gasteiger partial charge in [-0.15, -0.1) is 0 Å². The number of nitrogens with zero attached hydrogens (tertiary/aromatic N) is 4. The van der Waals surface area contributed by atoms with Crippen LogP contribution in [0.5, 0.6) is 5.75 Å². The van der Waals surface area contributed by atoms with Gasteiger partial charge in [-0.2, -0.15) is 5.10 Å². The Kier molecular flexibility index (Phi) is 4.36. The van der Waals surface area contributed by atoms with Crippen molar-refractivity contribution >= 4 is 17.3 Å². The molecule has 5 N–H and O–H groups in total. The minimum Gasteiger partial charge on any atom is -0.490 e. The van der Waals surface area contributed by atoms with E-state index in [0.29, 0.717) is 18.9 Å². The Balaban J connectivity index is 1.43. The van der Waals surface area contributed by atoms with Crippen LogP contribution >= 0.6 is 0 Å². The Morgan fingerprint density at radius 2 is 2.10 bits per heavy atom. The van der Waals surface area contributed by atoms with E-state index in [-0.39, 0.29) is 6.04 Å². The minimum absolute atomic E-state index is 0.268. The number of nitrogens with one attached hydrogen (secondary N) is 1. The molecule has 9 heteroatoms. The van der Waals surface area contributed by atoms with Crippen LogP contribution in [0.25, 0.3) is 0 Å². The fourth-order valence-corrected chi connectivity index (χ4v) is 4.29. The summed E-state index contributed by atoms with van der Waals surface area (Å²) in [5.41, 5.74) is 15.9. The molecule has 0 saturated carbocycles. The lowest BCUT2D eigenvalue weighted by Crippen LogP contribution is -2.52. The minimum atomic E-state index is -1.04. The molecule has 4 heterocycles. The number of aliphatic imine (C=N–C) groups is 1. The highest BCUT2D eigenvalue weighted by molar-refractivity contribution is 6.03. The summed E-state index contributed by atoms with van der Waals surface area (Å²) in [6.45, 7) is 3.04. The van der Waals surface area contributed by atoms with Gasteiger partial charge in [0.15, 0.2) is 5.79 Å². The van der Waals surface area contributed by atoms with Gasteiger partial charge in [0.1, 0.15) is 24.0 Å². The summed E-state index contributed by atoms with van der Waals surface area (Å²) in [5, 5.41) is 7.99. The van der Waals surface area contributed by atoms with Crippen LogP contribution in [0.2, 0.25) is 0 Å². The standard InChI is InChI=1S/C20H27N7O2/c1-26-6-9-29-17-3-2-13(10-16(17)26)11-20(22)24-18(21)15-12-23-27(19(15)25-20)14-4-7-28-8-5-14/h2-3,10,12,14,25H,4-9,11,22H2,1H3,(H2,21,24). The number of hydrogen-bond donors (Lipinski definition) is 3. The molecule has 0 bridgehead atoms. The molecule has 0 amide bonds. The summed E-state index contributed by atoms with van der Waals surface area (Å²) < 4.78 is 13.2. The number of benzene rings is 1. The van der Waals surface area contributed by atoms with E-state index in [2.05, 4.69) is 33.4 Å². The van der Waals surface area contributed by atoms with Gasteiger partial charge in [0.25, 0.3) is 0 Å². The second-order valence-electron chi connectivity index (χ2n) is 7.99. The maximum Gasteiger partial charge on any atom is 0.189 e. The smallest absolute Gasteiger partial charge is 0.189 e. The summed E-state index contributed by atoms with van der Waals surface area (Å²) in [7, 11) is 2.07. The molecule has 1 unspecified atom stereocenters. The van der Waals surface area contributed by atoms with Gasteiger partial charge in [-0.3, -0.25) is 5.73 Å². The number of hydrogen-bond acceptors (Lipinski definition) is 8. The van der Waals surface area contributed by atoms with Crippen LogP contribution in [0.1, 0.15) is 30.0 Å². The van der Waals surface area contributed by atoms with Crippen molar-refractivity contribution in [3.8, 4) is 5.75 Å². The first-order chi connectivity index (χ1) is 14.0. The Morgan fingerprint density at radius 3 is 2.93 bits per heavy atom. The maximum absolute atomic E-state index is 6.68. The predicted molar refractivity (Wildman–Crippen MR) is 111 cm³/mol. The third-order valence-electron chi connectivity index (χ3n) is 5.86. The zero-order valence-electron chi connectivity index (χ0n) is 16.6. The van der Waals surface area contributed by atoms with Crippen molar-refractivity contribution in [3.63, 3.8) is 0 Å². The molecule has 9 nitrogen and oxygen atoms in total. The summed E-state index contributed by atoms with van der Waals surface area (Å²) >= 11 is 0. The van der Waals surface area contributed by atoms with Crippen molar-refractivity contribution in [2.75, 3.05) is 43.6 Å². The second kappa shape index (κ2) is 6.93. The van der Waals surface area contributed by atoms with E-state index >= 15 is 0 Å². The number of fused-ring (bicyclic) bond motifs is 2. The van der Waals surface area contributed by atoms with Crippen molar-refractivity contribution in [2.45, 2.75) is 31.1 Å².